The van der Waals surface area contributed by atoms with E-state index < -0.39 is 23.5 Å². The predicted molar refractivity (Wildman–Crippen MR) is 98.1 cm³/mol. The summed E-state index contributed by atoms with van der Waals surface area (Å²) in [6.45, 7) is 3.88. The van der Waals surface area contributed by atoms with Crippen LogP contribution in [0.4, 0.5) is 17.6 Å². The van der Waals surface area contributed by atoms with E-state index in [4.69, 9.17) is 0 Å². The Morgan fingerprint density at radius 3 is 1.90 bits per heavy atom. The van der Waals surface area contributed by atoms with Crippen molar-refractivity contribution in [3.05, 3.63) is 57.7 Å². The van der Waals surface area contributed by atoms with E-state index in [1.807, 2.05) is 13.8 Å². The van der Waals surface area contributed by atoms with Crippen molar-refractivity contribution in [2.24, 2.45) is 11.8 Å². The second-order valence-electron chi connectivity index (χ2n) is 8.45. The Balaban J connectivity index is 1.93. The highest BCUT2D eigenvalue weighted by Gasteiger charge is 2.43. The van der Waals surface area contributed by atoms with E-state index in [-0.39, 0.29) is 41.8 Å². The van der Waals surface area contributed by atoms with Crippen molar-refractivity contribution in [3.8, 4) is 0 Å². The first-order valence-corrected chi connectivity index (χ1v) is 9.72. The number of Topliss-reactive ketones (excluding diaryl/α,β-unsaturated/α-hetero) is 2. The fourth-order valence-corrected chi connectivity index (χ4v) is 4.76. The van der Waals surface area contributed by atoms with Gasteiger partial charge in [-0.3, -0.25) is 9.59 Å². The summed E-state index contributed by atoms with van der Waals surface area (Å²) in [7, 11) is 0. The van der Waals surface area contributed by atoms with Crippen molar-refractivity contribution >= 4 is 11.6 Å². The van der Waals surface area contributed by atoms with Crippen molar-refractivity contribution in [2.45, 2.75) is 51.6 Å². The van der Waals surface area contributed by atoms with Gasteiger partial charge in [0.1, 0.15) is 5.82 Å². The second-order valence-corrected chi connectivity index (χ2v) is 8.45. The van der Waals surface area contributed by atoms with Gasteiger partial charge in [-0.1, -0.05) is 19.9 Å². The lowest BCUT2D eigenvalue weighted by molar-refractivity contribution is -0.140. The zero-order valence-corrected chi connectivity index (χ0v) is 16.1. The van der Waals surface area contributed by atoms with E-state index in [2.05, 4.69) is 5.32 Å². The van der Waals surface area contributed by atoms with Crippen LogP contribution in [0.2, 0.25) is 0 Å². The summed E-state index contributed by atoms with van der Waals surface area (Å²) in [6.07, 6.45) is -3.14. The van der Waals surface area contributed by atoms with Crippen molar-refractivity contribution in [3.63, 3.8) is 0 Å². The Kier molecular flexibility index (Phi) is 4.67. The number of rotatable bonds is 1. The number of carbonyl (C=O) groups excluding carboxylic acids is 2. The Bertz CT molecular complexity index is 928. The monoisotopic (exact) mass is 407 g/mol. The molecule has 0 aromatic heterocycles. The van der Waals surface area contributed by atoms with Gasteiger partial charge in [0.05, 0.1) is 5.56 Å². The van der Waals surface area contributed by atoms with Gasteiger partial charge in [0.15, 0.2) is 11.6 Å². The molecular formula is C22H21F4NO2. The molecule has 1 N–H and O–H groups in total. The minimum absolute atomic E-state index is 0.104. The normalized spacial score (nSPS) is 27.6. The highest BCUT2D eigenvalue weighted by Crippen LogP contribution is 2.47. The summed E-state index contributed by atoms with van der Waals surface area (Å²) in [4.78, 5) is 25.8. The number of ketones is 2. The lowest BCUT2D eigenvalue weighted by Crippen LogP contribution is -2.39. The lowest BCUT2D eigenvalue weighted by atomic mass is 9.69. The van der Waals surface area contributed by atoms with E-state index in [9.17, 15) is 27.2 Å². The molecule has 154 valence electrons. The standard InChI is InChI=1S/C22H21F4NO2/c1-10-5-15-20(17(28)7-10)19(21-16(27-15)6-11(2)8-18(21)29)12-3-4-14(23)13(9-12)22(24,25)26/h3-4,9-11,19,27H,5-8H2,1-2H3. The average molecular weight is 407 g/mol. The number of nitrogens with one attached hydrogen (secondary N) is 1. The van der Waals surface area contributed by atoms with Crippen molar-refractivity contribution < 1.29 is 27.2 Å². The maximum Gasteiger partial charge on any atom is 0.419 e. The molecule has 1 heterocycles. The van der Waals surface area contributed by atoms with Crippen LogP contribution in [-0.4, -0.2) is 11.6 Å². The molecule has 0 saturated heterocycles. The molecule has 0 saturated carbocycles. The molecule has 0 bridgehead atoms. The zero-order chi connectivity index (χ0) is 21.1. The molecule has 0 spiro atoms. The number of halogens is 4. The van der Waals surface area contributed by atoms with Gasteiger partial charge in [-0.05, 0) is 42.4 Å². The number of hydrogen-bond donors (Lipinski definition) is 1. The first-order valence-electron chi connectivity index (χ1n) is 9.72. The Labute approximate surface area is 165 Å². The third-order valence-electron chi connectivity index (χ3n) is 5.93. The third kappa shape index (κ3) is 3.40. The molecule has 2 aliphatic carbocycles. The molecule has 0 fully saturated rings. The number of benzene rings is 1. The summed E-state index contributed by atoms with van der Waals surface area (Å²) >= 11 is 0. The Morgan fingerprint density at radius 1 is 0.897 bits per heavy atom. The van der Waals surface area contributed by atoms with E-state index in [1.54, 1.807) is 0 Å². The highest BCUT2D eigenvalue weighted by atomic mass is 19.4. The van der Waals surface area contributed by atoms with Crippen molar-refractivity contribution in [1.29, 1.82) is 0 Å². The van der Waals surface area contributed by atoms with Gasteiger partial charge in [0.2, 0.25) is 0 Å². The van der Waals surface area contributed by atoms with E-state index in [0.29, 0.717) is 35.4 Å². The van der Waals surface area contributed by atoms with Crippen LogP contribution < -0.4 is 5.32 Å². The van der Waals surface area contributed by atoms with Gasteiger partial charge in [-0.25, -0.2) is 4.39 Å². The molecule has 29 heavy (non-hydrogen) atoms. The average Bonchev–Trinajstić information content (AvgIpc) is 2.59. The lowest BCUT2D eigenvalue weighted by Gasteiger charge is -2.39. The zero-order valence-electron chi connectivity index (χ0n) is 16.1. The van der Waals surface area contributed by atoms with Gasteiger partial charge in [0.25, 0.3) is 0 Å². The summed E-state index contributed by atoms with van der Waals surface area (Å²) in [5, 5.41) is 3.26. The van der Waals surface area contributed by atoms with Crippen LogP contribution in [0.1, 0.15) is 56.6 Å². The van der Waals surface area contributed by atoms with Gasteiger partial charge in [-0.2, -0.15) is 13.2 Å². The Hall–Kier alpha value is -2.44. The van der Waals surface area contributed by atoms with Crippen LogP contribution in [-0.2, 0) is 15.8 Å². The number of allylic oxidation sites excluding steroid dienone is 4. The van der Waals surface area contributed by atoms with Crippen LogP contribution in [0, 0.1) is 17.7 Å². The van der Waals surface area contributed by atoms with Crippen LogP contribution in [0.15, 0.2) is 40.7 Å². The number of alkyl halides is 3. The smallest absolute Gasteiger partial charge is 0.362 e. The van der Waals surface area contributed by atoms with Crippen LogP contribution in [0.3, 0.4) is 0 Å². The first kappa shape index (κ1) is 19.9. The number of hydrogen-bond acceptors (Lipinski definition) is 3. The predicted octanol–water partition coefficient (Wildman–Crippen LogP) is 5.04. The SMILES string of the molecule is CC1CC(=O)C2=C(C1)NC1=C(C(=O)CC(C)C1)C2c1ccc(F)c(C(F)(F)F)c1. The molecule has 3 nitrogen and oxygen atoms in total. The van der Waals surface area contributed by atoms with Crippen LogP contribution in [0.5, 0.6) is 0 Å². The third-order valence-corrected chi connectivity index (χ3v) is 5.93. The van der Waals surface area contributed by atoms with E-state index in [1.165, 1.54) is 6.07 Å². The Morgan fingerprint density at radius 2 is 1.41 bits per heavy atom. The van der Waals surface area contributed by atoms with Crippen LogP contribution >= 0.6 is 0 Å². The molecular weight excluding hydrogens is 386 g/mol. The molecule has 2 unspecified atom stereocenters. The summed E-state index contributed by atoms with van der Waals surface area (Å²) in [6, 6.07) is 2.77. The fraction of sp³-hybridized carbons (Fsp3) is 0.455. The molecule has 1 aromatic carbocycles. The van der Waals surface area contributed by atoms with Gasteiger partial charge in [0, 0.05) is 41.3 Å². The van der Waals surface area contributed by atoms with Gasteiger partial charge < -0.3 is 5.32 Å². The molecule has 0 amide bonds. The van der Waals surface area contributed by atoms with Crippen LogP contribution in [0.25, 0.3) is 0 Å². The maximum absolute atomic E-state index is 13.9. The molecule has 7 heteroatoms. The van der Waals surface area contributed by atoms with Crippen molar-refractivity contribution in [2.75, 3.05) is 0 Å². The molecule has 2 atom stereocenters. The van der Waals surface area contributed by atoms with E-state index >= 15 is 0 Å². The second kappa shape index (κ2) is 6.82. The topological polar surface area (TPSA) is 46.2 Å². The fourth-order valence-electron chi connectivity index (χ4n) is 4.76. The number of carbonyl (C=O) groups is 2. The first-order chi connectivity index (χ1) is 13.6. The molecule has 4 rings (SSSR count). The summed E-state index contributed by atoms with van der Waals surface area (Å²) in [5.41, 5.74) is 0.806. The van der Waals surface area contributed by atoms with E-state index in [0.717, 1.165) is 12.1 Å². The molecule has 1 aliphatic heterocycles. The highest BCUT2D eigenvalue weighted by molar-refractivity contribution is 6.06. The number of dihydropyridines is 1. The molecule has 1 aromatic rings. The maximum atomic E-state index is 13.9. The van der Waals surface area contributed by atoms with Crippen molar-refractivity contribution in [1.82, 2.24) is 5.32 Å². The molecule has 0 radical (unpaired) electrons. The van der Waals surface area contributed by atoms with Gasteiger partial charge in [-0.15, -0.1) is 0 Å². The summed E-state index contributed by atoms with van der Waals surface area (Å²) < 4.78 is 53.8. The molecule has 3 aliphatic rings. The minimum atomic E-state index is -4.86. The summed E-state index contributed by atoms with van der Waals surface area (Å²) in [5.74, 6) is -2.40. The minimum Gasteiger partial charge on any atom is -0.362 e. The van der Waals surface area contributed by atoms with Gasteiger partial charge >= 0.3 is 6.18 Å². The largest absolute Gasteiger partial charge is 0.419 e. The quantitative estimate of drug-likeness (QED) is 0.664.